The molecule has 1 saturated heterocycles. The normalized spacial score (nSPS) is 18.9. The fraction of sp³-hybridized carbons (Fsp3) is 0.361. The van der Waals surface area contributed by atoms with Gasteiger partial charge in [0.15, 0.2) is 26.4 Å². The van der Waals surface area contributed by atoms with E-state index in [0.29, 0.717) is 11.3 Å². The highest BCUT2D eigenvalue weighted by Crippen LogP contribution is 2.43. The average molecular weight is 643 g/mol. The van der Waals surface area contributed by atoms with Crippen molar-refractivity contribution in [3.8, 4) is 5.75 Å². The Balaban J connectivity index is 1.59. The molecule has 1 N–H and O–H groups in total. The SMILES string of the molecule is COc1ccc(C(OC[C@H]2O[C@@H](n3cc(C)c(=O)[nH]c3=O)[C@H](O[Si](C)(C)C(C)(C)C)C2=O)(c2ccccc2)c2ccccc2)cc1. The van der Waals surface area contributed by atoms with Gasteiger partial charge in [0.05, 0.1) is 13.7 Å². The number of benzene rings is 3. The lowest BCUT2D eigenvalue weighted by atomic mass is 9.80. The third kappa shape index (κ3) is 6.30. The minimum atomic E-state index is -2.53. The molecule has 1 aliphatic heterocycles. The maximum Gasteiger partial charge on any atom is 0.330 e. The number of ether oxygens (including phenoxy) is 3. The van der Waals surface area contributed by atoms with Crippen molar-refractivity contribution in [1.29, 1.82) is 0 Å². The lowest BCUT2D eigenvalue weighted by molar-refractivity contribution is -0.131. The third-order valence-corrected chi connectivity index (χ3v) is 13.6. The van der Waals surface area contributed by atoms with Gasteiger partial charge in [0.25, 0.3) is 5.56 Å². The molecule has 1 aliphatic rings. The van der Waals surface area contributed by atoms with Crippen LogP contribution in [-0.2, 0) is 24.3 Å². The Labute approximate surface area is 270 Å². The topological polar surface area (TPSA) is 109 Å². The molecule has 0 saturated carbocycles. The van der Waals surface area contributed by atoms with Crippen LogP contribution >= 0.6 is 0 Å². The van der Waals surface area contributed by atoms with E-state index in [4.69, 9.17) is 18.6 Å². The van der Waals surface area contributed by atoms with Gasteiger partial charge in [0, 0.05) is 11.8 Å². The summed E-state index contributed by atoms with van der Waals surface area (Å²) in [6.07, 6.45) is -1.83. The summed E-state index contributed by atoms with van der Waals surface area (Å²) >= 11 is 0. The number of nitrogens with one attached hydrogen (secondary N) is 1. The first-order valence-corrected chi connectivity index (χ1v) is 18.3. The Kier molecular flexibility index (Phi) is 9.37. The van der Waals surface area contributed by atoms with Gasteiger partial charge in [-0.05, 0) is 53.9 Å². The van der Waals surface area contributed by atoms with Crippen molar-refractivity contribution in [3.05, 3.63) is 134 Å². The molecular formula is C36H42N2O7Si. The van der Waals surface area contributed by atoms with E-state index in [1.807, 2.05) is 98.0 Å². The van der Waals surface area contributed by atoms with Gasteiger partial charge in [0.1, 0.15) is 17.5 Å². The highest BCUT2D eigenvalue weighted by atomic mass is 28.4. The van der Waals surface area contributed by atoms with Crippen LogP contribution in [0.3, 0.4) is 0 Å². The van der Waals surface area contributed by atoms with Gasteiger partial charge in [0.2, 0.25) is 0 Å². The maximum absolute atomic E-state index is 14.3. The Bertz CT molecular complexity index is 1740. The summed E-state index contributed by atoms with van der Waals surface area (Å²) in [6.45, 7) is 11.8. The smallest absolute Gasteiger partial charge is 0.330 e. The van der Waals surface area contributed by atoms with E-state index in [-0.39, 0.29) is 17.4 Å². The van der Waals surface area contributed by atoms with E-state index >= 15 is 0 Å². The number of H-pyrrole nitrogens is 1. The van der Waals surface area contributed by atoms with Crippen molar-refractivity contribution in [3.63, 3.8) is 0 Å². The van der Waals surface area contributed by atoms with Crippen LogP contribution in [0.1, 0.15) is 49.3 Å². The van der Waals surface area contributed by atoms with Crippen LogP contribution in [0.5, 0.6) is 5.75 Å². The number of hydrogen-bond donors (Lipinski definition) is 1. The number of nitrogens with zero attached hydrogens (tertiary/aromatic N) is 1. The number of rotatable bonds is 10. The number of hydrogen-bond acceptors (Lipinski definition) is 7. The molecule has 1 aromatic heterocycles. The van der Waals surface area contributed by atoms with Crippen LogP contribution in [0, 0.1) is 6.92 Å². The molecule has 3 atom stereocenters. The highest BCUT2D eigenvalue weighted by Gasteiger charge is 2.51. The number of Topliss-reactive ketones (excluding diaryl/α,β-unsaturated/α-hetero) is 1. The van der Waals surface area contributed by atoms with Crippen molar-refractivity contribution in [2.45, 2.75) is 69.9 Å². The summed E-state index contributed by atoms with van der Waals surface area (Å²) < 4.78 is 26.7. The summed E-state index contributed by atoms with van der Waals surface area (Å²) in [6, 6.07) is 27.3. The predicted molar refractivity (Wildman–Crippen MR) is 179 cm³/mol. The molecule has 4 aromatic rings. The third-order valence-electron chi connectivity index (χ3n) is 9.12. The van der Waals surface area contributed by atoms with E-state index in [1.165, 1.54) is 10.8 Å². The van der Waals surface area contributed by atoms with E-state index in [9.17, 15) is 14.4 Å². The van der Waals surface area contributed by atoms with Crippen molar-refractivity contribution >= 4 is 14.1 Å². The number of aromatic nitrogens is 2. The van der Waals surface area contributed by atoms with Gasteiger partial charge in [-0.2, -0.15) is 0 Å². The van der Waals surface area contributed by atoms with Crippen LogP contribution < -0.4 is 16.0 Å². The van der Waals surface area contributed by atoms with Crippen LogP contribution in [-0.4, -0.2) is 49.6 Å². The number of methoxy groups -OCH3 is 1. The van der Waals surface area contributed by atoms with Gasteiger partial charge in [-0.15, -0.1) is 0 Å². The first-order valence-electron chi connectivity index (χ1n) is 15.4. The summed E-state index contributed by atoms with van der Waals surface area (Å²) in [5.41, 5.74) is 0.548. The molecule has 0 spiro atoms. The predicted octanol–water partition coefficient (Wildman–Crippen LogP) is 5.72. The van der Waals surface area contributed by atoms with Crippen molar-refractivity contribution in [2.24, 2.45) is 0 Å². The summed E-state index contributed by atoms with van der Waals surface area (Å²) in [4.78, 5) is 41.8. The van der Waals surface area contributed by atoms with E-state index in [2.05, 4.69) is 25.8 Å². The van der Waals surface area contributed by atoms with Gasteiger partial charge in [-0.25, -0.2) is 4.79 Å². The number of aromatic amines is 1. The van der Waals surface area contributed by atoms with E-state index in [1.54, 1.807) is 14.0 Å². The molecule has 0 radical (unpaired) electrons. The van der Waals surface area contributed by atoms with Gasteiger partial charge >= 0.3 is 5.69 Å². The minimum absolute atomic E-state index is 0.139. The van der Waals surface area contributed by atoms with Crippen LogP contribution in [0.4, 0.5) is 0 Å². The molecule has 0 amide bonds. The molecule has 9 nitrogen and oxygen atoms in total. The average Bonchev–Trinajstić information content (AvgIpc) is 3.33. The molecule has 46 heavy (non-hydrogen) atoms. The molecule has 1 fully saturated rings. The van der Waals surface area contributed by atoms with Crippen molar-refractivity contribution < 1.29 is 23.4 Å². The number of carbonyl (C=O) groups is 1. The van der Waals surface area contributed by atoms with Gasteiger partial charge in [-0.1, -0.05) is 93.6 Å². The Morgan fingerprint density at radius 1 is 0.848 bits per heavy atom. The number of carbonyl (C=O) groups excluding carboxylic acids is 1. The quantitative estimate of drug-likeness (QED) is 0.174. The molecule has 3 aromatic carbocycles. The largest absolute Gasteiger partial charge is 0.497 e. The lowest BCUT2D eigenvalue weighted by Gasteiger charge is -2.38. The molecule has 0 unspecified atom stereocenters. The lowest BCUT2D eigenvalue weighted by Crippen LogP contribution is -2.48. The summed E-state index contributed by atoms with van der Waals surface area (Å²) in [5, 5.41) is -0.220. The monoisotopic (exact) mass is 642 g/mol. The van der Waals surface area contributed by atoms with Crippen molar-refractivity contribution in [2.75, 3.05) is 13.7 Å². The summed E-state index contributed by atoms with van der Waals surface area (Å²) in [5.74, 6) is 0.374. The molecule has 5 rings (SSSR count). The zero-order valence-corrected chi connectivity index (χ0v) is 28.4. The Morgan fingerprint density at radius 3 is 1.91 bits per heavy atom. The van der Waals surface area contributed by atoms with E-state index in [0.717, 1.165) is 16.7 Å². The van der Waals surface area contributed by atoms with Gasteiger partial charge < -0.3 is 18.6 Å². The molecular weight excluding hydrogens is 600 g/mol. The van der Waals surface area contributed by atoms with Gasteiger partial charge in [-0.3, -0.25) is 19.1 Å². The molecule has 0 bridgehead atoms. The van der Waals surface area contributed by atoms with Crippen LogP contribution in [0.15, 0.2) is 101 Å². The standard InChI is InChI=1S/C36H42N2O7Si/c1-24-22-38(34(41)37-32(24)40)33-31(45-46(6,7)35(2,3)4)30(39)29(44-33)23-43-36(25-14-10-8-11-15-25,26-16-12-9-13-17-26)27-18-20-28(42-5)21-19-27/h8-22,29,31,33H,23H2,1-7H3,(H,37,40,41)/t29-,31-,33-/m1/s1. The Hall–Kier alpha value is -4.09. The zero-order valence-electron chi connectivity index (χ0n) is 27.4. The molecule has 242 valence electrons. The number of aryl methyl sites for hydroxylation is 1. The molecule has 10 heteroatoms. The van der Waals surface area contributed by atoms with Crippen LogP contribution in [0.2, 0.25) is 18.1 Å². The molecule has 2 heterocycles. The minimum Gasteiger partial charge on any atom is -0.497 e. The fourth-order valence-electron chi connectivity index (χ4n) is 5.47. The molecule has 0 aliphatic carbocycles. The Morgan fingerprint density at radius 2 is 1.39 bits per heavy atom. The second-order valence-electron chi connectivity index (χ2n) is 13.1. The van der Waals surface area contributed by atoms with E-state index < -0.39 is 43.6 Å². The first-order chi connectivity index (χ1) is 21.8. The first kappa shape index (κ1) is 33.3. The zero-order chi connectivity index (χ0) is 33.3. The second kappa shape index (κ2) is 13.0. The fourth-order valence-corrected chi connectivity index (χ4v) is 6.69. The maximum atomic E-state index is 14.3. The summed E-state index contributed by atoms with van der Waals surface area (Å²) in [7, 11) is -0.910. The van der Waals surface area contributed by atoms with Crippen molar-refractivity contribution in [1.82, 2.24) is 9.55 Å². The number of ketones is 1. The second-order valence-corrected chi connectivity index (χ2v) is 17.9. The highest BCUT2D eigenvalue weighted by molar-refractivity contribution is 6.74. The van der Waals surface area contributed by atoms with Crippen LogP contribution in [0.25, 0.3) is 0 Å².